The molecule has 0 aliphatic carbocycles. The molecule has 8 heteroatoms. The van der Waals surface area contributed by atoms with Crippen molar-refractivity contribution < 1.29 is 28.8 Å². The van der Waals surface area contributed by atoms with Gasteiger partial charge in [0.1, 0.15) is 0 Å². The average molecular weight is 736 g/mol. The summed E-state index contributed by atoms with van der Waals surface area (Å²) >= 11 is 0. The van der Waals surface area contributed by atoms with Gasteiger partial charge in [0.2, 0.25) is 0 Å². The number of fused-ring (bicyclic) bond motifs is 8. The zero-order chi connectivity index (χ0) is 36.0. The summed E-state index contributed by atoms with van der Waals surface area (Å²) < 4.78 is 13.5. The Morgan fingerprint density at radius 1 is 0.519 bits per heavy atom. The molecule has 256 valence electrons. The molecule has 6 heterocycles. The van der Waals surface area contributed by atoms with Crippen LogP contribution in [0.2, 0.25) is 0 Å². The zero-order valence-electron chi connectivity index (χ0n) is 31.9. The molecule has 5 aromatic rings. The number of aryl methyl sites for hydroxylation is 6. The fourth-order valence-electron chi connectivity index (χ4n) is 7.91. The van der Waals surface area contributed by atoms with Crippen LogP contribution in [0, 0.1) is 41.5 Å². The maximum absolute atomic E-state index is 6.73. The van der Waals surface area contributed by atoms with Gasteiger partial charge in [-0.15, -0.1) is 22.1 Å². The van der Waals surface area contributed by atoms with Crippen molar-refractivity contribution in [3.8, 4) is 22.3 Å². The van der Waals surface area contributed by atoms with Crippen molar-refractivity contribution in [2.75, 3.05) is 0 Å². The van der Waals surface area contributed by atoms with Crippen LogP contribution in [0.3, 0.4) is 0 Å². The summed E-state index contributed by atoms with van der Waals surface area (Å²) in [6.45, 7) is 21.3. The predicted molar refractivity (Wildman–Crippen MR) is 212 cm³/mol. The molecule has 3 aromatic heterocycles. The summed E-state index contributed by atoms with van der Waals surface area (Å²) in [6.07, 6.45) is 8.32. The van der Waals surface area contributed by atoms with E-state index in [-0.39, 0.29) is 19.5 Å². The van der Waals surface area contributed by atoms with Gasteiger partial charge in [-0.3, -0.25) is 0 Å². The van der Waals surface area contributed by atoms with Gasteiger partial charge in [0.15, 0.2) is 0 Å². The predicted octanol–water partition coefficient (Wildman–Crippen LogP) is 9.40. The Balaban J connectivity index is 0.00000420. The third-order valence-corrected chi connectivity index (χ3v) is 10.8. The molecule has 0 amide bonds. The van der Waals surface area contributed by atoms with E-state index in [0.717, 1.165) is 72.6 Å². The summed E-state index contributed by atoms with van der Waals surface area (Å²) in [5, 5.41) is 0. The Morgan fingerprint density at radius 3 is 1.56 bits per heavy atom. The van der Waals surface area contributed by atoms with Gasteiger partial charge in [-0.2, -0.15) is 0 Å². The van der Waals surface area contributed by atoms with Gasteiger partial charge in [0, 0.05) is 0 Å². The minimum atomic E-state index is -0.682. The Hall–Kier alpha value is -4.35. The van der Waals surface area contributed by atoms with Gasteiger partial charge >= 0.3 is 26.6 Å². The molecule has 8 rings (SSSR count). The van der Waals surface area contributed by atoms with Gasteiger partial charge < -0.3 is 19.3 Å². The van der Waals surface area contributed by atoms with Gasteiger partial charge in [-0.05, 0) is 144 Å². The van der Waals surface area contributed by atoms with Gasteiger partial charge in [-0.1, -0.05) is 65.7 Å². The summed E-state index contributed by atoms with van der Waals surface area (Å²) in [5.74, 6) is 0. The molecule has 0 atom stereocenters. The monoisotopic (exact) mass is 734 g/mol. The molecule has 8 bridgehead atoms. The molecule has 0 N–H and O–H groups in total. The van der Waals surface area contributed by atoms with E-state index in [1.165, 1.54) is 33.4 Å². The molecule has 0 radical (unpaired) electrons. The third-order valence-electron chi connectivity index (χ3n) is 10.8. The van der Waals surface area contributed by atoms with Crippen LogP contribution in [0.1, 0.15) is 83.9 Å². The normalized spacial score (nSPS) is 15.7. The van der Waals surface area contributed by atoms with Crippen LogP contribution in [-0.4, -0.2) is 28.3 Å². The molecule has 3 aliphatic heterocycles. The number of hydrogen-bond donors (Lipinski definition) is 0. The van der Waals surface area contributed by atoms with Gasteiger partial charge in [-0.25, -0.2) is 9.97 Å². The molecular weight excluding hydrogens is 693 g/mol. The second-order valence-corrected chi connectivity index (χ2v) is 15.4. The van der Waals surface area contributed by atoms with Crippen LogP contribution in [0.5, 0.6) is 0 Å². The van der Waals surface area contributed by atoms with Crippen molar-refractivity contribution in [1.29, 1.82) is 0 Å². The fourth-order valence-corrected chi connectivity index (χ4v) is 7.91. The van der Waals surface area contributed by atoms with Crippen LogP contribution in [-0.2, 0) is 28.8 Å². The molecule has 0 unspecified atom stereocenters. The number of rotatable bonds is 3. The second kappa shape index (κ2) is 12.9. The van der Waals surface area contributed by atoms with Crippen LogP contribution < -0.4 is 15.4 Å². The molecular formula is C44H43BN4O2Zn. The summed E-state index contributed by atoms with van der Waals surface area (Å²) in [6, 6.07) is 19.3. The molecule has 1 saturated heterocycles. The summed E-state index contributed by atoms with van der Waals surface area (Å²) in [5.41, 5.74) is 17.7. The third kappa shape index (κ3) is 6.05. The van der Waals surface area contributed by atoms with E-state index >= 15 is 0 Å². The van der Waals surface area contributed by atoms with E-state index in [0.29, 0.717) is 0 Å². The van der Waals surface area contributed by atoms with Crippen molar-refractivity contribution in [3.05, 3.63) is 111 Å². The zero-order valence-corrected chi connectivity index (χ0v) is 34.9. The average Bonchev–Trinajstić information content (AvgIpc) is 3.86. The number of aromatic nitrogens is 4. The minimum absolute atomic E-state index is 0. The maximum Gasteiger partial charge on any atom is 2.00 e. The van der Waals surface area contributed by atoms with Crippen molar-refractivity contribution >= 4 is 59.0 Å². The first-order valence-corrected chi connectivity index (χ1v) is 17.7. The van der Waals surface area contributed by atoms with Crippen molar-refractivity contribution in [2.45, 2.75) is 80.4 Å². The largest absolute Gasteiger partial charge is 2.00 e. The van der Waals surface area contributed by atoms with Crippen molar-refractivity contribution in [2.24, 2.45) is 0 Å². The Bertz CT molecular complexity index is 2400. The van der Waals surface area contributed by atoms with Crippen LogP contribution in [0.4, 0.5) is 0 Å². The first-order chi connectivity index (χ1) is 24.2. The van der Waals surface area contributed by atoms with E-state index < -0.39 is 18.3 Å². The molecule has 52 heavy (non-hydrogen) atoms. The number of benzene rings is 2. The maximum atomic E-state index is 6.73. The molecule has 3 aliphatic rings. The van der Waals surface area contributed by atoms with Crippen molar-refractivity contribution in [1.82, 2.24) is 19.9 Å². The standard InChI is InChI=1S/C44H43BN4O2.Zn/c1-24-19-26(3)38(27(4)20-24)40-32-13-11-30(46-32)23-31-12-14-33(47-31)41(39-28(5)21-25(2)22-29(39)6)35-16-18-37(49-35)42(36-17-15-34(40)48-36)45-50-43(7,8)44(9,10)51-45;/h11-23H,1-10H3;/q-2;+2. The Kier molecular flexibility index (Phi) is 8.97. The van der Waals surface area contributed by atoms with Gasteiger partial charge in [0.25, 0.3) is 0 Å². The Morgan fingerprint density at radius 2 is 0.981 bits per heavy atom. The van der Waals surface area contributed by atoms with E-state index in [1.54, 1.807) is 0 Å². The van der Waals surface area contributed by atoms with Gasteiger partial charge in [0.05, 0.1) is 34.0 Å². The molecule has 6 nitrogen and oxygen atoms in total. The van der Waals surface area contributed by atoms with Crippen LogP contribution in [0.25, 0.3) is 68.6 Å². The van der Waals surface area contributed by atoms with Crippen LogP contribution >= 0.6 is 0 Å². The fraction of sp³-hybridized carbons (Fsp3) is 0.273. The summed E-state index contributed by atoms with van der Waals surface area (Å²) in [4.78, 5) is 21.1. The first-order valence-electron chi connectivity index (χ1n) is 17.7. The molecule has 2 aromatic carbocycles. The smallest absolute Gasteiger partial charge is 0.658 e. The van der Waals surface area contributed by atoms with E-state index in [2.05, 4.69) is 148 Å². The van der Waals surface area contributed by atoms with Crippen molar-refractivity contribution in [3.63, 3.8) is 0 Å². The molecule has 0 spiro atoms. The molecule has 1 fully saturated rings. The number of hydrogen-bond acceptors (Lipinski definition) is 4. The first kappa shape index (κ1) is 36.0. The molecule has 0 saturated carbocycles. The SMILES string of the molecule is Cc1cc(C)c(-c2c3nc(c(B4OC(C)(C)C(C)(C)O4)c4ccc([n-]4)c(-c4c(C)cc(C)cc4C)c4nc(cc5ccc2[n-]5)C=C4)C=C3)c(C)c1.[Zn+2]. The summed E-state index contributed by atoms with van der Waals surface area (Å²) in [7, 11) is -0.682. The van der Waals surface area contributed by atoms with E-state index in [4.69, 9.17) is 29.2 Å². The Labute approximate surface area is 319 Å². The minimum Gasteiger partial charge on any atom is -0.658 e. The topological polar surface area (TPSA) is 72.4 Å². The second-order valence-electron chi connectivity index (χ2n) is 15.4. The van der Waals surface area contributed by atoms with Crippen LogP contribution in [0.15, 0.2) is 54.6 Å². The van der Waals surface area contributed by atoms with E-state index in [1.807, 2.05) is 0 Å². The van der Waals surface area contributed by atoms with E-state index in [9.17, 15) is 0 Å². The quantitative estimate of drug-likeness (QED) is 0.169. The number of nitrogens with zero attached hydrogens (tertiary/aromatic N) is 4.